The Morgan fingerprint density at radius 2 is 1.96 bits per heavy atom. The van der Waals surface area contributed by atoms with Gasteiger partial charge in [0.2, 0.25) is 0 Å². The molecule has 8 nitrogen and oxygen atoms in total. The molecule has 0 radical (unpaired) electrons. The normalized spacial score (nSPS) is 13.6. The third kappa shape index (κ3) is 2.58. The van der Waals surface area contributed by atoms with Crippen molar-refractivity contribution >= 4 is 11.7 Å². The van der Waals surface area contributed by atoms with Gasteiger partial charge in [-0.25, -0.2) is 4.68 Å². The van der Waals surface area contributed by atoms with E-state index in [9.17, 15) is 4.79 Å². The zero-order valence-electron chi connectivity index (χ0n) is 12.8. The number of benzene rings is 1. The van der Waals surface area contributed by atoms with E-state index in [1.807, 2.05) is 30.3 Å². The average molecular weight is 321 g/mol. The number of carbonyl (C=O) groups excluding carboxylic acids is 1. The maximum absolute atomic E-state index is 12.7. The first-order chi connectivity index (χ1) is 11.7. The van der Waals surface area contributed by atoms with Crippen LogP contribution < -0.4 is 5.73 Å². The summed E-state index contributed by atoms with van der Waals surface area (Å²) in [5.41, 5.74) is 8.67. The van der Waals surface area contributed by atoms with E-state index in [2.05, 4.69) is 20.5 Å². The van der Waals surface area contributed by atoms with Crippen molar-refractivity contribution in [1.29, 1.82) is 0 Å². The van der Waals surface area contributed by atoms with Crippen LogP contribution in [-0.4, -0.2) is 42.5 Å². The van der Waals surface area contributed by atoms with Crippen LogP contribution in [0.15, 0.2) is 42.6 Å². The lowest BCUT2D eigenvalue weighted by Crippen LogP contribution is -2.36. The zero-order chi connectivity index (χ0) is 16.5. The van der Waals surface area contributed by atoms with Crippen LogP contribution in [0.4, 0.5) is 5.82 Å². The summed E-state index contributed by atoms with van der Waals surface area (Å²) in [6.45, 7) is 1.02. The number of rotatable bonds is 2. The van der Waals surface area contributed by atoms with Gasteiger partial charge in [0, 0.05) is 19.5 Å². The highest BCUT2D eigenvalue weighted by molar-refractivity contribution is 5.92. The molecule has 24 heavy (non-hydrogen) atoms. The maximum Gasteiger partial charge on any atom is 0.276 e. The highest BCUT2D eigenvalue weighted by Crippen LogP contribution is 2.19. The third-order valence-corrected chi connectivity index (χ3v) is 3.98. The fraction of sp³-hybridized carbons (Fsp3) is 0.188. The number of amides is 1. The quantitative estimate of drug-likeness (QED) is 0.750. The van der Waals surface area contributed by atoms with E-state index in [1.54, 1.807) is 21.8 Å². The van der Waals surface area contributed by atoms with Crippen molar-refractivity contribution in [2.24, 2.45) is 0 Å². The van der Waals surface area contributed by atoms with Gasteiger partial charge in [-0.05, 0) is 23.8 Å². The molecule has 120 valence electrons. The molecule has 0 saturated carbocycles. The summed E-state index contributed by atoms with van der Waals surface area (Å²) in [7, 11) is 0. The molecule has 3 heterocycles. The number of hydrogen-bond acceptors (Lipinski definition) is 6. The van der Waals surface area contributed by atoms with Crippen LogP contribution in [0.25, 0.3) is 5.69 Å². The molecule has 0 aliphatic carbocycles. The minimum absolute atomic E-state index is 0.154. The molecule has 1 aliphatic heterocycles. The minimum atomic E-state index is -0.154. The second-order valence-electron chi connectivity index (χ2n) is 5.60. The van der Waals surface area contributed by atoms with Crippen LogP contribution in [0.2, 0.25) is 0 Å². The summed E-state index contributed by atoms with van der Waals surface area (Å²) in [6, 6.07) is 11.3. The van der Waals surface area contributed by atoms with Gasteiger partial charge in [0.25, 0.3) is 5.91 Å². The topological polar surface area (TPSA) is 103 Å². The minimum Gasteiger partial charge on any atom is -0.382 e. The molecule has 1 amide bonds. The smallest absolute Gasteiger partial charge is 0.276 e. The number of anilines is 1. The van der Waals surface area contributed by atoms with E-state index in [0.717, 1.165) is 16.9 Å². The number of nitrogens with two attached hydrogens (primary N) is 1. The van der Waals surface area contributed by atoms with E-state index in [0.29, 0.717) is 31.0 Å². The average Bonchev–Trinajstić information content (AvgIpc) is 3.11. The number of nitrogen functional groups attached to an aromatic ring is 1. The summed E-state index contributed by atoms with van der Waals surface area (Å²) in [5.74, 6) is 0.205. The summed E-state index contributed by atoms with van der Waals surface area (Å²) in [5, 5.41) is 16.0. The predicted octanol–water partition coefficient (Wildman–Crippen LogP) is 0.838. The van der Waals surface area contributed by atoms with E-state index in [1.165, 1.54) is 0 Å². The largest absolute Gasteiger partial charge is 0.382 e. The first-order valence-corrected chi connectivity index (χ1v) is 7.59. The molecular weight excluding hydrogens is 306 g/mol. The molecule has 0 unspecified atom stereocenters. The van der Waals surface area contributed by atoms with Gasteiger partial charge >= 0.3 is 0 Å². The molecule has 0 bridgehead atoms. The molecule has 0 saturated heterocycles. The van der Waals surface area contributed by atoms with Crippen molar-refractivity contribution in [2.75, 3.05) is 12.3 Å². The second-order valence-corrected chi connectivity index (χ2v) is 5.60. The molecule has 2 aromatic heterocycles. The summed E-state index contributed by atoms with van der Waals surface area (Å²) in [6.07, 6.45) is 2.30. The van der Waals surface area contributed by atoms with Gasteiger partial charge in [-0.15, -0.1) is 10.2 Å². The van der Waals surface area contributed by atoms with Crippen LogP contribution >= 0.6 is 0 Å². The van der Waals surface area contributed by atoms with Gasteiger partial charge in [-0.1, -0.05) is 23.4 Å². The molecule has 3 aromatic rings. The van der Waals surface area contributed by atoms with E-state index >= 15 is 0 Å². The molecular formula is C16H15N7O. The van der Waals surface area contributed by atoms with Crippen LogP contribution in [0.1, 0.15) is 21.7 Å². The van der Waals surface area contributed by atoms with Crippen LogP contribution in [0.5, 0.6) is 0 Å². The Labute approximate surface area is 137 Å². The Morgan fingerprint density at radius 1 is 1.12 bits per heavy atom. The first-order valence-electron chi connectivity index (χ1n) is 7.59. The highest BCUT2D eigenvalue weighted by atomic mass is 16.2. The van der Waals surface area contributed by atoms with Gasteiger partial charge in [-0.3, -0.25) is 4.79 Å². The molecule has 4 rings (SSSR count). The van der Waals surface area contributed by atoms with Crippen LogP contribution in [-0.2, 0) is 13.0 Å². The Bertz CT molecular complexity index is 890. The second kappa shape index (κ2) is 5.73. The standard InChI is InChI=1S/C16H15N7O/c17-15-8-11-9-22(7-6-13(11)18-20-15)16(24)14-10-23(21-19-14)12-4-2-1-3-5-12/h1-5,8,10H,6-7,9H2,(H2,17,20). The third-order valence-electron chi connectivity index (χ3n) is 3.98. The summed E-state index contributed by atoms with van der Waals surface area (Å²) in [4.78, 5) is 14.4. The van der Waals surface area contributed by atoms with Crippen molar-refractivity contribution in [2.45, 2.75) is 13.0 Å². The molecule has 0 atom stereocenters. The number of nitrogens with zero attached hydrogens (tertiary/aromatic N) is 6. The van der Waals surface area contributed by atoms with Gasteiger partial charge in [0.1, 0.15) is 5.82 Å². The first kappa shape index (κ1) is 14.3. The molecule has 2 N–H and O–H groups in total. The van der Waals surface area contributed by atoms with Crippen LogP contribution in [0.3, 0.4) is 0 Å². The predicted molar refractivity (Wildman–Crippen MR) is 86.2 cm³/mol. The summed E-state index contributed by atoms with van der Waals surface area (Å²) >= 11 is 0. The van der Waals surface area contributed by atoms with Gasteiger partial charge < -0.3 is 10.6 Å². The number of carbonyl (C=O) groups is 1. The van der Waals surface area contributed by atoms with Crippen molar-refractivity contribution in [3.8, 4) is 5.69 Å². The highest BCUT2D eigenvalue weighted by Gasteiger charge is 2.25. The Hall–Kier alpha value is -3.29. The van der Waals surface area contributed by atoms with Crippen molar-refractivity contribution < 1.29 is 4.79 Å². The zero-order valence-corrected chi connectivity index (χ0v) is 12.8. The monoisotopic (exact) mass is 321 g/mol. The summed E-state index contributed by atoms with van der Waals surface area (Å²) < 4.78 is 1.59. The number of fused-ring (bicyclic) bond motifs is 1. The van der Waals surface area contributed by atoms with E-state index in [4.69, 9.17) is 5.73 Å². The van der Waals surface area contributed by atoms with Gasteiger partial charge in [-0.2, -0.15) is 5.10 Å². The van der Waals surface area contributed by atoms with Crippen LogP contribution in [0, 0.1) is 0 Å². The Kier molecular flexibility index (Phi) is 3.42. The van der Waals surface area contributed by atoms with E-state index in [-0.39, 0.29) is 5.91 Å². The van der Waals surface area contributed by atoms with Crippen molar-refractivity contribution in [1.82, 2.24) is 30.1 Å². The number of para-hydroxylation sites is 1. The maximum atomic E-state index is 12.7. The fourth-order valence-electron chi connectivity index (χ4n) is 2.75. The molecule has 0 fully saturated rings. The molecule has 1 aliphatic rings. The van der Waals surface area contributed by atoms with Gasteiger partial charge in [0.15, 0.2) is 5.69 Å². The lowest BCUT2D eigenvalue weighted by molar-refractivity contribution is 0.0727. The van der Waals surface area contributed by atoms with E-state index < -0.39 is 0 Å². The molecule has 8 heteroatoms. The number of hydrogen-bond donors (Lipinski definition) is 1. The molecule has 1 aromatic carbocycles. The lowest BCUT2D eigenvalue weighted by atomic mass is 10.1. The number of aromatic nitrogens is 5. The fourth-order valence-corrected chi connectivity index (χ4v) is 2.75. The van der Waals surface area contributed by atoms with Crippen molar-refractivity contribution in [3.05, 3.63) is 59.5 Å². The Balaban J connectivity index is 1.56. The SMILES string of the molecule is Nc1cc2c(nn1)CCN(C(=O)c1cn(-c3ccccc3)nn1)C2. The molecule has 0 spiro atoms. The lowest BCUT2D eigenvalue weighted by Gasteiger charge is -2.27. The van der Waals surface area contributed by atoms with Crippen molar-refractivity contribution in [3.63, 3.8) is 0 Å². The van der Waals surface area contributed by atoms with Gasteiger partial charge in [0.05, 0.1) is 17.6 Å². The Morgan fingerprint density at radius 3 is 2.79 bits per heavy atom.